The highest BCUT2D eigenvalue weighted by atomic mass is 32.2. The highest BCUT2D eigenvalue weighted by Crippen LogP contribution is 2.34. The summed E-state index contributed by atoms with van der Waals surface area (Å²) in [5.74, 6) is 1.15. The quantitative estimate of drug-likeness (QED) is 0.293. The van der Waals surface area contributed by atoms with Crippen molar-refractivity contribution in [2.45, 2.75) is 38.0 Å². The van der Waals surface area contributed by atoms with E-state index in [0.29, 0.717) is 17.9 Å². The van der Waals surface area contributed by atoms with Crippen molar-refractivity contribution in [2.24, 2.45) is 0 Å². The van der Waals surface area contributed by atoms with E-state index in [2.05, 4.69) is 41.5 Å². The Bertz CT molecular complexity index is 997. The molecule has 0 saturated heterocycles. The SMILES string of the molecule is CCOC(=O)c1c(CSc2ccccc2)n(CCN(CC)CC)c2ccc(OC)cc12. The lowest BCUT2D eigenvalue weighted by atomic mass is 10.1. The zero-order valence-corrected chi connectivity index (χ0v) is 19.7. The maximum Gasteiger partial charge on any atom is 0.340 e. The number of hydrogen-bond acceptors (Lipinski definition) is 5. The van der Waals surface area contributed by atoms with Crippen molar-refractivity contribution in [3.05, 3.63) is 59.8 Å². The second-order valence-corrected chi connectivity index (χ2v) is 8.25. The first kappa shape index (κ1) is 23.2. The van der Waals surface area contributed by atoms with Gasteiger partial charge in [0.2, 0.25) is 0 Å². The first-order valence-corrected chi connectivity index (χ1v) is 11.9. The second-order valence-electron chi connectivity index (χ2n) is 7.21. The van der Waals surface area contributed by atoms with Gasteiger partial charge in [-0.1, -0.05) is 32.0 Å². The van der Waals surface area contributed by atoms with Gasteiger partial charge in [0.05, 0.1) is 19.3 Å². The number of methoxy groups -OCH3 is 1. The lowest BCUT2D eigenvalue weighted by Gasteiger charge is -2.20. The van der Waals surface area contributed by atoms with Crippen LogP contribution in [0.1, 0.15) is 36.8 Å². The van der Waals surface area contributed by atoms with Gasteiger partial charge in [-0.05, 0) is 50.3 Å². The third kappa shape index (κ3) is 5.43. The van der Waals surface area contributed by atoms with Crippen LogP contribution in [0.15, 0.2) is 53.4 Å². The molecule has 0 saturated carbocycles. The van der Waals surface area contributed by atoms with E-state index in [4.69, 9.17) is 9.47 Å². The molecule has 0 atom stereocenters. The highest BCUT2D eigenvalue weighted by molar-refractivity contribution is 7.98. The molecule has 6 heteroatoms. The van der Waals surface area contributed by atoms with Crippen LogP contribution in [-0.4, -0.2) is 48.8 Å². The van der Waals surface area contributed by atoms with Crippen molar-refractivity contribution in [1.82, 2.24) is 9.47 Å². The largest absolute Gasteiger partial charge is 0.497 e. The lowest BCUT2D eigenvalue weighted by molar-refractivity contribution is 0.0527. The highest BCUT2D eigenvalue weighted by Gasteiger charge is 2.24. The molecule has 0 spiro atoms. The maximum atomic E-state index is 13.1. The van der Waals surface area contributed by atoms with Gasteiger partial charge in [-0.15, -0.1) is 11.8 Å². The van der Waals surface area contributed by atoms with E-state index in [0.717, 1.165) is 48.5 Å². The molecule has 0 aliphatic carbocycles. The third-order valence-corrected chi connectivity index (χ3v) is 6.53. The number of rotatable bonds is 11. The molecule has 0 N–H and O–H groups in total. The fraction of sp³-hybridized carbons (Fsp3) is 0.400. The molecule has 3 rings (SSSR count). The summed E-state index contributed by atoms with van der Waals surface area (Å²) in [6.07, 6.45) is 0. The van der Waals surface area contributed by atoms with Crippen LogP contribution < -0.4 is 4.74 Å². The first-order chi connectivity index (χ1) is 15.1. The Morgan fingerprint density at radius 1 is 1.06 bits per heavy atom. The second kappa shape index (κ2) is 11.3. The Kier molecular flexibility index (Phi) is 8.43. The average Bonchev–Trinajstić information content (AvgIpc) is 3.11. The predicted octanol–water partition coefficient (Wildman–Crippen LogP) is 5.46. The normalized spacial score (nSPS) is 11.3. The van der Waals surface area contributed by atoms with E-state index in [1.807, 2.05) is 37.3 Å². The summed E-state index contributed by atoms with van der Waals surface area (Å²) in [4.78, 5) is 16.6. The summed E-state index contributed by atoms with van der Waals surface area (Å²) >= 11 is 1.73. The van der Waals surface area contributed by atoms with Gasteiger partial charge in [-0.25, -0.2) is 4.79 Å². The van der Waals surface area contributed by atoms with Crippen LogP contribution in [0.2, 0.25) is 0 Å². The van der Waals surface area contributed by atoms with Gasteiger partial charge in [0.25, 0.3) is 0 Å². The molecule has 0 radical (unpaired) electrons. The van der Waals surface area contributed by atoms with E-state index < -0.39 is 0 Å². The van der Waals surface area contributed by atoms with E-state index in [9.17, 15) is 4.79 Å². The van der Waals surface area contributed by atoms with E-state index >= 15 is 0 Å². The molecule has 166 valence electrons. The Morgan fingerprint density at radius 3 is 2.45 bits per heavy atom. The van der Waals surface area contributed by atoms with Gasteiger partial charge in [0, 0.05) is 40.3 Å². The number of carbonyl (C=O) groups excluding carboxylic acids is 1. The number of likely N-dealkylation sites (N-methyl/N-ethyl adjacent to an activating group) is 1. The molecule has 0 bridgehead atoms. The number of fused-ring (bicyclic) bond motifs is 1. The third-order valence-electron chi connectivity index (χ3n) is 5.51. The van der Waals surface area contributed by atoms with Gasteiger partial charge in [-0.3, -0.25) is 0 Å². The maximum absolute atomic E-state index is 13.1. The summed E-state index contributed by atoms with van der Waals surface area (Å²) in [5, 5.41) is 0.890. The first-order valence-electron chi connectivity index (χ1n) is 10.9. The van der Waals surface area contributed by atoms with Gasteiger partial charge in [-0.2, -0.15) is 0 Å². The number of carbonyl (C=O) groups is 1. The minimum atomic E-state index is -0.272. The van der Waals surface area contributed by atoms with Crippen LogP contribution in [0.5, 0.6) is 5.75 Å². The summed E-state index contributed by atoms with van der Waals surface area (Å²) in [6, 6.07) is 16.2. The van der Waals surface area contributed by atoms with Crippen molar-refractivity contribution in [1.29, 1.82) is 0 Å². The van der Waals surface area contributed by atoms with Crippen LogP contribution in [0, 0.1) is 0 Å². The Hall–Kier alpha value is -2.44. The van der Waals surface area contributed by atoms with Crippen molar-refractivity contribution < 1.29 is 14.3 Å². The van der Waals surface area contributed by atoms with Crippen LogP contribution in [0.25, 0.3) is 10.9 Å². The standard InChI is InChI=1S/C25H32N2O3S/c1-5-26(6-2)15-16-27-22-14-13-19(29-4)17-21(22)24(25(28)30-7-3)23(27)18-31-20-11-9-8-10-12-20/h8-14,17H,5-7,15-16,18H2,1-4H3. The van der Waals surface area contributed by atoms with Crippen LogP contribution in [0.4, 0.5) is 0 Å². The van der Waals surface area contributed by atoms with E-state index in [1.54, 1.807) is 18.9 Å². The van der Waals surface area contributed by atoms with E-state index in [-0.39, 0.29) is 5.97 Å². The molecule has 1 heterocycles. The van der Waals surface area contributed by atoms with Gasteiger partial charge in [0.15, 0.2) is 0 Å². The number of aromatic nitrogens is 1. The molecule has 3 aromatic rings. The molecule has 0 unspecified atom stereocenters. The summed E-state index contributed by atoms with van der Waals surface area (Å²) < 4.78 is 13.2. The number of nitrogens with zero attached hydrogens (tertiary/aromatic N) is 2. The Morgan fingerprint density at radius 2 is 1.81 bits per heavy atom. The lowest BCUT2D eigenvalue weighted by Crippen LogP contribution is -2.27. The summed E-state index contributed by atoms with van der Waals surface area (Å²) in [6.45, 7) is 10.3. The molecule has 2 aromatic carbocycles. The van der Waals surface area contributed by atoms with Gasteiger partial charge in [0.1, 0.15) is 5.75 Å². The minimum Gasteiger partial charge on any atom is -0.497 e. The Labute approximate surface area is 189 Å². The monoisotopic (exact) mass is 440 g/mol. The molecular formula is C25H32N2O3S. The molecule has 0 aliphatic heterocycles. The van der Waals surface area contributed by atoms with Crippen LogP contribution in [0.3, 0.4) is 0 Å². The summed E-state index contributed by atoms with van der Waals surface area (Å²) in [5.41, 5.74) is 2.70. The van der Waals surface area contributed by atoms with Gasteiger partial charge < -0.3 is 18.9 Å². The molecule has 31 heavy (non-hydrogen) atoms. The molecule has 0 aliphatic rings. The predicted molar refractivity (Wildman–Crippen MR) is 128 cm³/mol. The van der Waals surface area contributed by atoms with Crippen LogP contribution >= 0.6 is 11.8 Å². The minimum absolute atomic E-state index is 0.272. The van der Waals surface area contributed by atoms with Crippen molar-refractivity contribution in [3.8, 4) is 5.75 Å². The van der Waals surface area contributed by atoms with E-state index in [1.165, 1.54) is 4.90 Å². The molecular weight excluding hydrogens is 408 g/mol. The average molecular weight is 441 g/mol. The van der Waals surface area contributed by atoms with Crippen molar-refractivity contribution in [3.63, 3.8) is 0 Å². The molecule has 0 amide bonds. The number of hydrogen-bond donors (Lipinski definition) is 0. The number of thioether (sulfide) groups is 1. The van der Waals surface area contributed by atoms with Gasteiger partial charge >= 0.3 is 5.97 Å². The number of benzene rings is 2. The number of esters is 1. The zero-order valence-electron chi connectivity index (χ0n) is 18.9. The van der Waals surface area contributed by atoms with Crippen molar-refractivity contribution in [2.75, 3.05) is 33.4 Å². The fourth-order valence-electron chi connectivity index (χ4n) is 3.80. The molecule has 0 fully saturated rings. The number of ether oxygens (including phenoxy) is 2. The summed E-state index contributed by atoms with van der Waals surface area (Å²) in [7, 11) is 1.65. The van der Waals surface area contributed by atoms with Crippen LogP contribution in [-0.2, 0) is 17.0 Å². The van der Waals surface area contributed by atoms with Crippen molar-refractivity contribution >= 4 is 28.6 Å². The topological polar surface area (TPSA) is 43.7 Å². The molecule has 5 nitrogen and oxygen atoms in total. The molecule has 1 aromatic heterocycles. The Balaban J connectivity index is 2.10. The smallest absolute Gasteiger partial charge is 0.340 e. The zero-order chi connectivity index (χ0) is 22.2. The fourth-order valence-corrected chi connectivity index (χ4v) is 4.75.